The first-order chi connectivity index (χ1) is 14.1. The van der Waals surface area contributed by atoms with Crippen LogP contribution in [-0.4, -0.2) is 34.1 Å². The van der Waals surface area contributed by atoms with Crippen molar-refractivity contribution in [3.63, 3.8) is 0 Å². The van der Waals surface area contributed by atoms with E-state index in [1.165, 1.54) is 48.4 Å². The van der Waals surface area contributed by atoms with E-state index in [9.17, 15) is 0 Å². The van der Waals surface area contributed by atoms with Gasteiger partial charge >= 0.3 is 0 Å². The van der Waals surface area contributed by atoms with Crippen LogP contribution in [0.4, 0.5) is 0 Å². The third kappa shape index (κ3) is 4.32. The first kappa shape index (κ1) is 20.0. The number of aryl methyl sites for hydroxylation is 2. The molecule has 0 spiro atoms. The first-order valence-electron chi connectivity index (χ1n) is 11.0. The molecule has 1 aliphatic rings. The van der Waals surface area contributed by atoms with Crippen molar-refractivity contribution >= 4 is 11.0 Å². The monoisotopic (exact) mass is 391 g/mol. The molecule has 0 bridgehead atoms. The minimum absolute atomic E-state index is 0.371. The minimum atomic E-state index is 0.371. The standard InChI is InChI=1S/C25H33N3O/c1-19-11-10-14-24(20(19)2)29-18-9-8-17-28-23-13-5-4-12-22(23)26-25(28)21(3)27-15-6-7-16-27/h4-5,10-14,21H,6-9,15-18H2,1-3H3. The van der Waals surface area contributed by atoms with Crippen molar-refractivity contribution in [3.8, 4) is 5.75 Å². The molecule has 4 rings (SSSR count). The van der Waals surface area contributed by atoms with Crippen molar-refractivity contribution in [2.75, 3.05) is 19.7 Å². The molecule has 154 valence electrons. The summed E-state index contributed by atoms with van der Waals surface area (Å²) in [6.45, 7) is 10.7. The van der Waals surface area contributed by atoms with Crippen LogP contribution in [0.1, 0.15) is 55.6 Å². The van der Waals surface area contributed by atoms with Gasteiger partial charge in [-0.2, -0.15) is 0 Å². The lowest BCUT2D eigenvalue weighted by Gasteiger charge is -2.24. The number of likely N-dealkylation sites (tertiary alicyclic amines) is 1. The molecule has 1 atom stereocenters. The predicted octanol–water partition coefficient (Wildman–Crippen LogP) is 5.67. The Morgan fingerprint density at radius 3 is 2.62 bits per heavy atom. The molecule has 2 aromatic carbocycles. The topological polar surface area (TPSA) is 30.3 Å². The number of hydrogen-bond donors (Lipinski definition) is 0. The summed E-state index contributed by atoms with van der Waals surface area (Å²) in [4.78, 5) is 7.59. The number of benzene rings is 2. The highest BCUT2D eigenvalue weighted by molar-refractivity contribution is 5.76. The van der Waals surface area contributed by atoms with E-state index in [2.05, 4.69) is 72.7 Å². The molecule has 4 heteroatoms. The van der Waals surface area contributed by atoms with E-state index in [-0.39, 0.29) is 0 Å². The van der Waals surface area contributed by atoms with Crippen molar-refractivity contribution in [3.05, 3.63) is 59.4 Å². The molecule has 29 heavy (non-hydrogen) atoms. The zero-order valence-corrected chi connectivity index (χ0v) is 18.0. The third-order valence-corrected chi connectivity index (χ3v) is 6.33. The summed E-state index contributed by atoms with van der Waals surface area (Å²) in [5.41, 5.74) is 4.90. The Morgan fingerprint density at radius 2 is 1.79 bits per heavy atom. The van der Waals surface area contributed by atoms with Gasteiger partial charge in [0.1, 0.15) is 11.6 Å². The molecule has 1 fully saturated rings. The highest BCUT2D eigenvalue weighted by Crippen LogP contribution is 2.28. The number of unbranched alkanes of at least 4 members (excludes halogenated alkanes) is 1. The van der Waals surface area contributed by atoms with Gasteiger partial charge in [0.05, 0.1) is 23.7 Å². The number of nitrogens with zero attached hydrogens (tertiary/aromatic N) is 3. The number of imidazole rings is 1. The molecule has 4 nitrogen and oxygen atoms in total. The van der Waals surface area contributed by atoms with Gasteiger partial charge in [-0.25, -0.2) is 4.98 Å². The van der Waals surface area contributed by atoms with Crippen LogP contribution < -0.4 is 4.74 Å². The highest BCUT2D eigenvalue weighted by atomic mass is 16.5. The van der Waals surface area contributed by atoms with Crippen molar-refractivity contribution < 1.29 is 4.74 Å². The molecule has 1 saturated heterocycles. The van der Waals surface area contributed by atoms with Gasteiger partial charge in [0, 0.05) is 6.54 Å². The maximum absolute atomic E-state index is 6.05. The summed E-state index contributed by atoms with van der Waals surface area (Å²) in [7, 11) is 0. The van der Waals surface area contributed by atoms with Gasteiger partial charge in [-0.1, -0.05) is 24.3 Å². The maximum Gasteiger partial charge on any atom is 0.127 e. The van der Waals surface area contributed by atoms with Gasteiger partial charge in [0.2, 0.25) is 0 Å². The summed E-state index contributed by atoms with van der Waals surface area (Å²) >= 11 is 0. The second kappa shape index (κ2) is 9.00. The second-order valence-electron chi connectivity index (χ2n) is 8.28. The fraction of sp³-hybridized carbons (Fsp3) is 0.480. The van der Waals surface area contributed by atoms with Gasteiger partial charge < -0.3 is 9.30 Å². The van der Waals surface area contributed by atoms with E-state index in [1.54, 1.807) is 0 Å². The molecule has 2 heterocycles. The zero-order valence-electron chi connectivity index (χ0n) is 18.0. The van der Waals surface area contributed by atoms with Crippen molar-refractivity contribution in [1.29, 1.82) is 0 Å². The van der Waals surface area contributed by atoms with E-state index in [0.717, 1.165) is 37.3 Å². The Hall–Kier alpha value is -2.33. The van der Waals surface area contributed by atoms with Crippen LogP contribution in [0.2, 0.25) is 0 Å². The Bertz CT molecular complexity index is 956. The predicted molar refractivity (Wildman–Crippen MR) is 120 cm³/mol. The maximum atomic E-state index is 6.05. The molecule has 0 radical (unpaired) electrons. The minimum Gasteiger partial charge on any atom is -0.493 e. The van der Waals surface area contributed by atoms with Gasteiger partial charge in [-0.15, -0.1) is 0 Å². The summed E-state index contributed by atoms with van der Waals surface area (Å²) in [5.74, 6) is 2.23. The molecule has 1 aliphatic heterocycles. The lowest BCUT2D eigenvalue weighted by Crippen LogP contribution is -2.26. The Balaban J connectivity index is 1.41. The summed E-state index contributed by atoms with van der Waals surface area (Å²) in [6, 6.07) is 15.2. The number of rotatable bonds is 8. The van der Waals surface area contributed by atoms with Crippen LogP contribution in [0.25, 0.3) is 11.0 Å². The van der Waals surface area contributed by atoms with Crippen molar-refractivity contribution in [1.82, 2.24) is 14.5 Å². The van der Waals surface area contributed by atoms with Crippen LogP contribution in [-0.2, 0) is 6.54 Å². The molecule has 0 N–H and O–H groups in total. The molecular weight excluding hydrogens is 358 g/mol. The average molecular weight is 392 g/mol. The molecule has 1 aromatic heterocycles. The summed E-state index contributed by atoms with van der Waals surface area (Å²) in [5, 5.41) is 0. The van der Waals surface area contributed by atoms with Crippen molar-refractivity contribution in [2.24, 2.45) is 0 Å². The molecule has 0 saturated carbocycles. The molecule has 3 aromatic rings. The second-order valence-corrected chi connectivity index (χ2v) is 8.28. The smallest absolute Gasteiger partial charge is 0.127 e. The number of aromatic nitrogens is 2. The van der Waals surface area contributed by atoms with Crippen molar-refractivity contribution in [2.45, 2.75) is 59.0 Å². The van der Waals surface area contributed by atoms with Gasteiger partial charge in [-0.05, 0) is 88.9 Å². The number of para-hydroxylation sites is 2. The summed E-state index contributed by atoms with van der Waals surface area (Å²) < 4.78 is 8.49. The van der Waals surface area contributed by atoms with Crippen LogP contribution in [0, 0.1) is 13.8 Å². The SMILES string of the molecule is Cc1cccc(OCCCCn2c(C(C)N3CCCC3)nc3ccccc32)c1C. The first-order valence-corrected chi connectivity index (χ1v) is 11.0. The number of hydrogen-bond acceptors (Lipinski definition) is 3. The van der Waals surface area contributed by atoms with E-state index < -0.39 is 0 Å². The van der Waals surface area contributed by atoms with Gasteiger partial charge in [0.15, 0.2) is 0 Å². The fourth-order valence-corrected chi connectivity index (χ4v) is 4.37. The molecule has 1 unspecified atom stereocenters. The van der Waals surface area contributed by atoms with E-state index in [1.807, 2.05) is 0 Å². The normalized spacial score (nSPS) is 15.8. The van der Waals surface area contributed by atoms with E-state index in [0.29, 0.717) is 6.04 Å². The Morgan fingerprint density at radius 1 is 1.00 bits per heavy atom. The highest BCUT2D eigenvalue weighted by Gasteiger charge is 2.24. The zero-order chi connectivity index (χ0) is 20.2. The largest absolute Gasteiger partial charge is 0.493 e. The Labute approximate surface area is 174 Å². The lowest BCUT2D eigenvalue weighted by atomic mass is 10.1. The van der Waals surface area contributed by atoms with Crippen LogP contribution in [0.15, 0.2) is 42.5 Å². The van der Waals surface area contributed by atoms with Crippen LogP contribution in [0.5, 0.6) is 5.75 Å². The Kier molecular flexibility index (Phi) is 6.19. The van der Waals surface area contributed by atoms with Crippen LogP contribution >= 0.6 is 0 Å². The fourth-order valence-electron chi connectivity index (χ4n) is 4.37. The number of ether oxygens (including phenoxy) is 1. The number of fused-ring (bicyclic) bond motifs is 1. The van der Waals surface area contributed by atoms with Gasteiger partial charge in [0.25, 0.3) is 0 Å². The molecule has 0 aliphatic carbocycles. The van der Waals surface area contributed by atoms with E-state index >= 15 is 0 Å². The molecular formula is C25H33N3O. The van der Waals surface area contributed by atoms with Gasteiger partial charge in [-0.3, -0.25) is 4.90 Å². The molecule has 0 amide bonds. The lowest BCUT2D eigenvalue weighted by molar-refractivity contribution is 0.247. The quantitative estimate of drug-likeness (QED) is 0.464. The average Bonchev–Trinajstić information content (AvgIpc) is 3.39. The van der Waals surface area contributed by atoms with E-state index in [4.69, 9.17) is 9.72 Å². The third-order valence-electron chi connectivity index (χ3n) is 6.33. The van der Waals surface area contributed by atoms with Crippen LogP contribution in [0.3, 0.4) is 0 Å². The summed E-state index contributed by atoms with van der Waals surface area (Å²) in [6.07, 6.45) is 4.74.